The molecule has 2 amide bonds. The molecule has 6 nitrogen and oxygen atoms in total. The number of carbonyl (C=O) groups is 2. The van der Waals surface area contributed by atoms with Crippen molar-refractivity contribution in [2.45, 2.75) is 31.9 Å². The van der Waals surface area contributed by atoms with Gasteiger partial charge in [-0.3, -0.25) is 9.59 Å². The molecule has 132 valence electrons. The lowest BCUT2D eigenvalue weighted by atomic mass is 10.0. The highest BCUT2D eigenvalue weighted by molar-refractivity contribution is 5.98. The van der Waals surface area contributed by atoms with Crippen LogP contribution in [0.5, 0.6) is 0 Å². The molecule has 0 aromatic heterocycles. The molecule has 1 fully saturated rings. The van der Waals surface area contributed by atoms with Crippen molar-refractivity contribution < 1.29 is 14.3 Å². The number of rotatable bonds is 3. The lowest BCUT2D eigenvalue weighted by Crippen LogP contribution is -2.56. The Labute approximate surface area is 148 Å². The van der Waals surface area contributed by atoms with Gasteiger partial charge in [0.05, 0.1) is 19.3 Å². The summed E-state index contributed by atoms with van der Waals surface area (Å²) in [5.74, 6) is -0.259. The molecule has 3 rings (SSSR count). The van der Waals surface area contributed by atoms with Crippen molar-refractivity contribution in [1.82, 2.24) is 10.6 Å². The van der Waals surface area contributed by atoms with E-state index in [1.54, 1.807) is 4.90 Å². The first-order chi connectivity index (χ1) is 11.2. The SMILES string of the molecule is C[C@H]1OCCN[C@@H]1C(=O)NCC(=O)N1CCCc2ccccc21.Cl. The molecule has 0 spiro atoms. The minimum Gasteiger partial charge on any atom is -0.375 e. The summed E-state index contributed by atoms with van der Waals surface area (Å²) in [7, 11) is 0. The summed E-state index contributed by atoms with van der Waals surface area (Å²) >= 11 is 0. The number of nitrogens with one attached hydrogen (secondary N) is 2. The molecular weight excluding hydrogens is 330 g/mol. The fourth-order valence-corrected chi connectivity index (χ4v) is 3.19. The van der Waals surface area contributed by atoms with E-state index in [2.05, 4.69) is 16.7 Å². The van der Waals surface area contributed by atoms with Crippen LogP contribution in [0.3, 0.4) is 0 Å². The van der Waals surface area contributed by atoms with Gasteiger partial charge in [-0.15, -0.1) is 12.4 Å². The van der Waals surface area contributed by atoms with Crippen molar-refractivity contribution >= 4 is 29.9 Å². The molecule has 24 heavy (non-hydrogen) atoms. The number of hydrogen-bond donors (Lipinski definition) is 2. The summed E-state index contributed by atoms with van der Waals surface area (Å²) in [6.45, 7) is 3.83. The number of morpholine rings is 1. The Balaban J connectivity index is 0.00000208. The Morgan fingerprint density at radius 1 is 1.38 bits per heavy atom. The van der Waals surface area contributed by atoms with Gasteiger partial charge < -0.3 is 20.3 Å². The first kappa shape index (κ1) is 18.7. The van der Waals surface area contributed by atoms with Crippen LogP contribution in [0.2, 0.25) is 0 Å². The molecule has 2 aliphatic rings. The normalized spacial score (nSPS) is 23.0. The molecule has 0 bridgehead atoms. The minimum atomic E-state index is -0.398. The van der Waals surface area contributed by atoms with E-state index in [9.17, 15) is 9.59 Å². The molecule has 0 radical (unpaired) electrons. The fraction of sp³-hybridized carbons (Fsp3) is 0.529. The van der Waals surface area contributed by atoms with Gasteiger partial charge in [-0.2, -0.15) is 0 Å². The summed E-state index contributed by atoms with van der Waals surface area (Å²) in [5.41, 5.74) is 2.15. The maximum atomic E-state index is 12.5. The summed E-state index contributed by atoms with van der Waals surface area (Å²) < 4.78 is 5.46. The Hall–Kier alpha value is -1.63. The van der Waals surface area contributed by atoms with Gasteiger partial charge >= 0.3 is 0 Å². The molecule has 1 aromatic carbocycles. The molecule has 0 unspecified atom stereocenters. The van der Waals surface area contributed by atoms with E-state index in [1.165, 1.54) is 5.56 Å². The van der Waals surface area contributed by atoms with Crippen molar-refractivity contribution in [2.75, 3.05) is 31.1 Å². The third-order valence-electron chi connectivity index (χ3n) is 4.42. The third kappa shape index (κ3) is 4.06. The van der Waals surface area contributed by atoms with E-state index < -0.39 is 6.04 Å². The number of carbonyl (C=O) groups excluding carboxylic acids is 2. The quantitative estimate of drug-likeness (QED) is 0.846. The van der Waals surface area contributed by atoms with Gasteiger partial charge in [0.2, 0.25) is 11.8 Å². The summed E-state index contributed by atoms with van der Waals surface area (Å²) in [6, 6.07) is 7.55. The molecule has 2 heterocycles. The van der Waals surface area contributed by atoms with Gasteiger partial charge in [0.1, 0.15) is 6.04 Å². The van der Waals surface area contributed by atoms with Crippen LogP contribution in [-0.2, 0) is 20.7 Å². The molecule has 0 saturated carbocycles. The highest BCUT2D eigenvalue weighted by atomic mass is 35.5. The number of ether oxygens (including phenoxy) is 1. The van der Waals surface area contributed by atoms with E-state index in [-0.39, 0.29) is 36.9 Å². The zero-order chi connectivity index (χ0) is 16.2. The molecule has 0 aliphatic carbocycles. The number of nitrogens with zero attached hydrogens (tertiary/aromatic N) is 1. The smallest absolute Gasteiger partial charge is 0.246 e. The van der Waals surface area contributed by atoms with Crippen LogP contribution in [0.15, 0.2) is 24.3 Å². The maximum absolute atomic E-state index is 12.5. The van der Waals surface area contributed by atoms with Crippen LogP contribution in [0.1, 0.15) is 18.9 Å². The standard InChI is InChI=1S/C17H23N3O3.ClH/c1-12-16(18-8-10-23-12)17(22)19-11-15(21)20-9-4-6-13-5-2-3-7-14(13)20;/h2-3,5,7,12,16,18H,4,6,8-11H2,1H3,(H,19,22);1H/t12-,16+;/m1./s1. The minimum absolute atomic E-state index is 0. The van der Waals surface area contributed by atoms with E-state index >= 15 is 0 Å². The summed E-state index contributed by atoms with van der Waals surface area (Å²) in [4.78, 5) is 26.5. The highest BCUT2D eigenvalue weighted by Gasteiger charge is 2.29. The predicted molar refractivity (Wildman–Crippen MR) is 94.6 cm³/mol. The maximum Gasteiger partial charge on any atom is 0.246 e. The number of benzene rings is 1. The molecular formula is C17H24ClN3O3. The van der Waals surface area contributed by atoms with Crippen LogP contribution in [0, 0.1) is 0 Å². The Morgan fingerprint density at radius 2 is 2.17 bits per heavy atom. The second-order valence-electron chi connectivity index (χ2n) is 6.00. The van der Waals surface area contributed by atoms with Crippen molar-refractivity contribution in [2.24, 2.45) is 0 Å². The number of hydrogen-bond acceptors (Lipinski definition) is 4. The molecule has 1 aromatic rings. The van der Waals surface area contributed by atoms with Crippen molar-refractivity contribution in [1.29, 1.82) is 0 Å². The highest BCUT2D eigenvalue weighted by Crippen LogP contribution is 2.26. The average molecular weight is 354 g/mol. The summed E-state index contributed by atoms with van der Waals surface area (Å²) in [6.07, 6.45) is 1.76. The van der Waals surface area contributed by atoms with Crippen LogP contribution in [0.25, 0.3) is 0 Å². The molecule has 7 heteroatoms. The fourth-order valence-electron chi connectivity index (χ4n) is 3.19. The monoisotopic (exact) mass is 353 g/mol. The lowest BCUT2D eigenvalue weighted by molar-refractivity contribution is -0.131. The van der Waals surface area contributed by atoms with Crippen LogP contribution < -0.4 is 15.5 Å². The first-order valence-electron chi connectivity index (χ1n) is 8.18. The lowest BCUT2D eigenvalue weighted by Gasteiger charge is -2.31. The van der Waals surface area contributed by atoms with E-state index in [4.69, 9.17) is 4.74 Å². The summed E-state index contributed by atoms with van der Waals surface area (Å²) in [5, 5.41) is 5.86. The number of para-hydroxylation sites is 1. The zero-order valence-electron chi connectivity index (χ0n) is 13.8. The third-order valence-corrected chi connectivity index (χ3v) is 4.42. The molecule has 2 N–H and O–H groups in total. The van der Waals surface area contributed by atoms with Crippen molar-refractivity contribution in [3.05, 3.63) is 29.8 Å². The number of fused-ring (bicyclic) bond motifs is 1. The van der Waals surface area contributed by atoms with Gasteiger partial charge in [-0.25, -0.2) is 0 Å². The predicted octanol–water partition coefficient (Wildman–Crippen LogP) is 0.881. The molecule has 2 atom stereocenters. The van der Waals surface area contributed by atoms with Crippen LogP contribution in [-0.4, -0.2) is 50.2 Å². The van der Waals surface area contributed by atoms with Crippen molar-refractivity contribution in [3.63, 3.8) is 0 Å². The van der Waals surface area contributed by atoms with Gasteiger partial charge in [0.25, 0.3) is 0 Å². The van der Waals surface area contributed by atoms with Crippen molar-refractivity contribution in [3.8, 4) is 0 Å². The van der Waals surface area contributed by atoms with E-state index in [0.717, 1.165) is 18.5 Å². The second kappa shape index (κ2) is 8.46. The largest absolute Gasteiger partial charge is 0.375 e. The van der Waals surface area contributed by atoms with Gasteiger partial charge in [0, 0.05) is 18.8 Å². The number of amides is 2. The zero-order valence-corrected chi connectivity index (χ0v) is 14.6. The molecule has 2 aliphatic heterocycles. The number of aryl methyl sites for hydroxylation is 1. The van der Waals surface area contributed by atoms with Gasteiger partial charge in [0.15, 0.2) is 0 Å². The van der Waals surface area contributed by atoms with Gasteiger partial charge in [-0.05, 0) is 31.4 Å². The van der Waals surface area contributed by atoms with E-state index in [1.807, 2.05) is 25.1 Å². The average Bonchev–Trinajstić information content (AvgIpc) is 2.59. The second-order valence-corrected chi connectivity index (χ2v) is 6.00. The van der Waals surface area contributed by atoms with E-state index in [0.29, 0.717) is 19.7 Å². The van der Waals surface area contributed by atoms with Gasteiger partial charge in [-0.1, -0.05) is 18.2 Å². The molecule has 1 saturated heterocycles. The topological polar surface area (TPSA) is 70.7 Å². The van der Waals surface area contributed by atoms with Crippen LogP contribution >= 0.6 is 12.4 Å². The number of anilines is 1. The number of halogens is 1. The Morgan fingerprint density at radius 3 is 2.96 bits per heavy atom. The van der Waals surface area contributed by atoms with Crippen LogP contribution in [0.4, 0.5) is 5.69 Å². The Bertz CT molecular complexity index is 596. The Kier molecular flexibility index (Phi) is 6.60. The first-order valence-corrected chi connectivity index (χ1v) is 8.18.